The van der Waals surface area contributed by atoms with Crippen LogP contribution >= 0.6 is 0 Å². The predicted octanol–water partition coefficient (Wildman–Crippen LogP) is 2.08. The van der Waals surface area contributed by atoms with Crippen molar-refractivity contribution in [3.8, 4) is 22.8 Å². The number of anilines is 2. The molecule has 4 aromatic rings. The molecule has 0 bridgehead atoms. The average molecular weight is 447 g/mol. The molecule has 0 aliphatic carbocycles. The van der Waals surface area contributed by atoms with Gasteiger partial charge in [-0.25, -0.2) is 15.0 Å². The van der Waals surface area contributed by atoms with Crippen LogP contribution in [0.4, 0.5) is 11.8 Å². The van der Waals surface area contributed by atoms with Gasteiger partial charge in [-0.05, 0) is 24.6 Å². The lowest BCUT2D eigenvalue weighted by Crippen LogP contribution is -2.21. The van der Waals surface area contributed by atoms with E-state index in [4.69, 9.17) is 9.26 Å². The average Bonchev–Trinajstić information content (AvgIpc) is 3.56. The molecule has 12 nitrogen and oxygen atoms in total. The van der Waals surface area contributed by atoms with Crippen LogP contribution in [-0.4, -0.2) is 66.6 Å². The molecule has 1 N–H and O–H groups in total. The summed E-state index contributed by atoms with van der Waals surface area (Å²) in [6, 6.07) is 9.07. The van der Waals surface area contributed by atoms with Gasteiger partial charge in [0, 0.05) is 33.0 Å². The molecule has 1 aliphatic rings. The van der Waals surface area contributed by atoms with Gasteiger partial charge in [0.1, 0.15) is 5.69 Å². The molecule has 1 atom stereocenters. The smallest absolute Gasteiger partial charge is 0.231 e. The van der Waals surface area contributed by atoms with E-state index in [1.165, 1.54) is 4.80 Å². The molecular formula is C21H21N9O3. The molecule has 0 aromatic carbocycles. The van der Waals surface area contributed by atoms with Crippen molar-refractivity contribution in [3.05, 3.63) is 48.4 Å². The number of rotatable bonds is 7. The van der Waals surface area contributed by atoms with Gasteiger partial charge in [-0.2, -0.15) is 9.90 Å². The summed E-state index contributed by atoms with van der Waals surface area (Å²) in [7, 11) is 3.36. The van der Waals surface area contributed by atoms with Crippen molar-refractivity contribution in [1.29, 1.82) is 0 Å². The molecule has 168 valence electrons. The molecule has 1 fully saturated rings. The van der Waals surface area contributed by atoms with E-state index in [-0.39, 0.29) is 18.6 Å². The highest BCUT2D eigenvalue weighted by Gasteiger charge is 2.33. The molecule has 0 radical (unpaired) electrons. The number of pyridine rings is 1. The zero-order valence-electron chi connectivity index (χ0n) is 18.0. The third-order valence-electron chi connectivity index (χ3n) is 5.25. The van der Waals surface area contributed by atoms with Crippen molar-refractivity contribution in [3.63, 3.8) is 0 Å². The molecule has 4 aromatic heterocycles. The third-order valence-corrected chi connectivity index (χ3v) is 5.25. The van der Waals surface area contributed by atoms with Crippen molar-refractivity contribution in [2.75, 3.05) is 26.0 Å². The minimum Gasteiger partial charge on any atom is -0.361 e. The highest BCUT2D eigenvalue weighted by molar-refractivity contribution is 5.85. The van der Waals surface area contributed by atoms with Gasteiger partial charge in [-0.3, -0.25) is 4.79 Å². The number of methoxy groups -OCH3 is 1. The van der Waals surface area contributed by atoms with E-state index < -0.39 is 0 Å². The van der Waals surface area contributed by atoms with E-state index >= 15 is 0 Å². The first-order chi connectivity index (χ1) is 16.1. The number of amides is 1. The molecule has 33 heavy (non-hydrogen) atoms. The Morgan fingerprint density at radius 2 is 2.06 bits per heavy atom. The van der Waals surface area contributed by atoms with Crippen LogP contribution in [0.2, 0.25) is 0 Å². The topological polar surface area (TPSA) is 137 Å². The minimum absolute atomic E-state index is 0.0554. The summed E-state index contributed by atoms with van der Waals surface area (Å²) in [6.45, 7) is 0.959. The number of nitrogens with one attached hydrogen (secondary N) is 1. The lowest BCUT2D eigenvalue weighted by molar-refractivity contribution is -0.127. The van der Waals surface area contributed by atoms with Crippen LogP contribution in [0.25, 0.3) is 22.8 Å². The molecule has 12 heteroatoms. The summed E-state index contributed by atoms with van der Waals surface area (Å²) in [5.74, 6) is 1.13. The fourth-order valence-electron chi connectivity index (χ4n) is 3.59. The zero-order chi connectivity index (χ0) is 22.8. The van der Waals surface area contributed by atoms with Crippen LogP contribution in [0.3, 0.4) is 0 Å². The first kappa shape index (κ1) is 20.7. The maximum Gasteiger partial charge on any atom is 0.231 e. The highest BCUT2D eigenvalue weighted by atomic mass is 16.5. The van der Waals surface area contributed by atoms with Crippen LogP contribution in [0, 0.1) is 0 Å². The lowest BCUT2D eigenvalue weighted by Gasteiger charge is -2.07. The van der Waals surface area contributed by atoms with Crippen molar-refractivity contribution < 1.29 is 14.1 Å². The van der Waals surface area contributed by atoms with Crippen LogP contribution < -0.4 is 5.32 Å². The molecule has 0 saturated carbocycles. The Morgan fingerprint density at radius 3 is 2.88 bits per heavy atom. The molecule has 1 saturated heterocycles. The van der Waals surface area contributed by atoms with E-state index in [0.717, 1.165) is 6.42 Å². The summed E-state index contributed by atoms with van der Waals surface area (Å²) in [5, 5.41) is 15.4. The SMILES string of the molecule is COCn1ncc(Nc2nccc(-c3cccc(-c4cc([C@@H]5CCN(C)C5=O)no4)n3)n2)n1. The van der Waals surface area contributed by atoms with Crippen LogP contribution in [-0.2, 0) is 16.3 Å². The van der Waals surface area contributed by atoms with E-state index in [1.54, 1.807) is 43.6 Å². The third kappa shape index (κ3) is 4.28. The van der Waals surface area contributed by atoms with Gasteiger partial charge in [0.15, 0.2) is 18.3 Å². The quantitative estimate of drug-likeness (QED) is 0.448. The Hall–Kier alpha value is -4.19. The number of hydrogen-bond acceptors (Lipinski definition) is 10. The largest absolute Gasteiger partial charge is 0.361 e. The number of carbonyl (C=O) groups is 1. The molecule has 5 heterocycles. The summed E-state index contributed by atoms with van der Waals surface area (Å²) in [5.41, 5.74) is 2.48. The normalized spacial score (nSPS) is 15.9. The Kier molecular flexibility index (Phi) is 5.48. The monoisotopic (exact) mass is 447 g/mol. The van der Waals surface area contributed by atoms with E-state index in [2.05, 4.69) is 35.6 Å². The number of likely N-dealkylation sites (tertiary alicyclic amines) is 1. The van der Waals surface area contributed by atoms with Gasteiger partial charge >= 0.3 is 0 Å². The number of aromatic nitrogens is 7. The number of hydrogen-bond donors (Lipinski definition) is 1. The second-order valence-corrected chi connectivity index (χ2v) is 7.54. The minimum atomic E-state index is -0.270. The standard InChI is InChI=1S/C21H21N9O3/c1-29-9-7-13(20(29)31)17-10-18(33-28-17)16-5-3-4-14(24-16)15-6-8-22-21(25-15)26-19-11-23-30(27-19)12-32-2/h3-6,8,10-11,13H,7,9,12H2,1-2H3,(H,22,25,26,27)/t13-/m0/s1. The molecular weight excluding hydrogens is 426 g/mol. The first-order valence-corrected chi connectivity index (χ1v) is 10.3. The molecule has 5 rings (SSSR count). The van der Waals surface area contributed by atoms with Crippen molar-refractivity contribution in [1.82, 2.24) is 40.0 Å². The Bertz CT molecular complexity index is 1290. The number of nitrogens with zero attached hydrogens (tertiary/aromatic N) is 8. The summed E-state index contributed by atoms with van der Waals surface area (Å²) < 4.78 is 10.5. The number of likely N-dealkylation sites (N-methyl/N-ethyl adjacent to an activating group) is 1. The van der Waals surface area contributed by atoms with E-state index in [9.17, 15) is 4.79 Å². The summed E-state index contributed by atoms with van der Waals surface area (Å²) in [4.78, 5) is 28.8. The van der Waals surface area contributed by atoms with Crippen molar-refractivity contribution in [2.24, 2.45) is 0 Å². The highest BCUT2D eigenvalue weighted by Crippen LogP contribution is 2.30. The van der Waals surface area contributed by atoms with E-state index in [0.29, 0.717) is 46.8 Å². The summed E-state index contributed by atoms with van der Waals surface area (Å²) in [6.07, 6.45) is 3.92. The Morgan fingerprint density at radius 1 is 1.21 bits per heavy atom. The first-order valence-electron chi connectivity index (χ1n) is 10.3. The second-order valence-electron chi connectivity index (χ2n) is 7.54. The van der Waals surface area contributed by atoms with Gasteiger partial charge in [-0.15, -0.1) is 5.10 Å². The lowest BCUT2D eigenvalue weighted by atomic mass is 10.0. The van der Waals surface area contributed by atoms with Crippen LogP contribution in [0.15, 0.2) is 47.2 Å². The second kappa shape index (κ2) is 8.74. The molecule has 0 unspecified atom stereocenters. The fourth-order valence-corrected chi connectivity index (χ4v) is 3.59. The fraction of sp³-hybridized carbons (Fsp3) is 0.286. The number of ether oxygens (including phenoxy) is 1. The Labute approximate surface area is 188 Å². The van der Waals surface area contributed by atoms with Crippen molar-refractivity contribution >= 4 is 17.7 Å². The zero-order valence-corrected chi connectivity index (χ0v) is 18.0. The summed E-state index contributed by atoms with van der Waals surface area (Å²) >= 11 is 0. The molecule has 0 spiro atoms. The maximum atomic E-state index is 12.3. The predicted molar refractivity (Wildman–Crippen MR) is 116 cm³/mol. The van der Waals surface area contributed by atoms with Gasteiger partial charge in [0.25, 0.3) is 0 Å². The van der Waals surface area contributed by atoms with E-state index in [1.807, 2.05) is 18.2 Å². The van der Waals surface area contributed by atoms with Gasteiger partial charge in [0.05, 0.1) is 29.2 Å². The maximum absolute atomic E-state index is 12.3. The van der Waals surface area contributed by atoms with Crippen LogP contribution in [0.1, 0.15) is 18.0 Å². The Balaban J connectivity index is 1.36. The van der Waals surface area contributed by atoms with Crippen LogP contribution in [0.5, 0.6) is 0 Å². The van der Waals surface area contributed by atoms with Gasteiger partial charge in [0.2, 0.25) is 11.9 Å². The van der Waals surface area contributed by atoms with Gasteiger partial charge in [-0.1, -0.05) is 11.2 Å². The van der Waals surface area contributed by atoms with Crippen molar-refractivity contribution in [2.45, 2.75) is 19.1 Å². The van der Waals surface area contributed by atoms with Gasteiger partial charge < -0.3 is 19.5 Å². The molecule has 1 amide bonds. The number of carbonyl (C=O) groups excluding carboxylic acids is 1. The molecule has 1 aliphatic heterocycles.